The molecule has 0 spiro atoms. The molecule has 0 aliphatic rings. The maximum atomic E-state index is 13.0. The van der Waals surface area contributed by atoms with Gasteiger partial charge in [-0.3, -0.25) is 9.78 Å². The molecule has 0 saturated carbocycles. The number of pyridine rings is 1. The minimum Gasteiger partial charge on any atom is -0.348 e. The zero-order valence-electron chi connectivity index (χ0n) is 13.7. The van der Waals surface area contributed by atoms with Crippen LogP contribution in [0.2, 0.25) is 0 Å². The average molecular weight is 352 g/mol. The van der Waals surface area contributed by atoms with Gasteiger partial charge in [0, 0.05) is 23.2 Å². The van der Waals surface area contributed by atoms with E-state index in [1.54, 1.807) is 36.0 Å². The number of nitrogens with one attached hydrogen (secondary N) is 1. The summed E-state index contributed by atoms with van der Waals surface area (Å²) in [7, 11) is 0. The molecular weight excluding hydrogens is 335 g/mol. The third kappa shape index (κ3) is 4.45. The second-order valence-electron chi connectivity index (χ2n) is 5.47. The van der Waals surface area contributed by atoms with Gasteiger partial charge in [0.1, 0.15) is 5.82 Å². The minimum absolute atomic E-state index is 0.174. The van der Waals surface area contributed by atoms with E-state index in [0.717, 1.165) is 11.1 Å². The number of benzene rings is 2. The standard InChI is InChI=1S/C20H17FN2OS/c1-25-18-9-2-14(3-10-18)12-23-20(24)16-6-11-19(22-13-16)15-4-7-17(21)8-5-15/h2-11,13H,12H2,1H3,(H,23,24). The fraction of sp³-hybridized carbons (Fsp3) is 0.100. The first-order valence-electron chi connectivity index (χ1n) is 7.79. The third-order valence-corrected chi connectivity index (χ3v) is 4.52. The molecule has 5 heteroatoms. The lowest BCUT2D eigenvalue weighted by Crippen LogP contribution is -2.22. The highest BCUT2D eigenvalue weighted by Crippen LogP contribution is 2.18. The number of aromatic nitrogens is 1. The van der Waals surface area contributed by atoms with Crippen LogP contribution in [-0.4, -0.2) is 17.1 Å². The molecule has 0 unspecified atom stereocenters. The monoisotopic (exact) mass is 352 g/mol. The molecule has 2 aromatic carbocycles. The molecule has 3 rings (SSSR count). The molecule has 1 heterocycles. The van der Waals surface area contributed by atoms with Crippen LogP contribution < -0.4 is 5.32 Å². The SMILES string of the molecule is CSc1ccc(CNC(=O)c2ccc(-c3ccc(F)cc3)nc2)cc1. The molecular formula is C20H17FN2OS. The quantitative estimate of drug-likeness (QED) is 0.686. The number of halogens is 1. The number of nitrogens with zero attached hydrogens (tertiary/aromatic N) is 1. The molecule has 1 aromatic heterocycles. The number of carbonyl (C=O) groups is 1. The van der Waals surface area contributed by atoms with Crippen LogP contribution in [0.15, 0.2) is 71.8 Å². The number of amides is 1. The summed E-state index contributed by atoms with van der Waals surface area (Å²) in [6.07, 6.45) is 3.56. The third-order valence-electron chi connectivity index (χ3n) is 3.78. The Morgan fingerprint density at radius 3 is 2.36 bits per heavy atom. The van der Waals surface area contributed by atoms with Gasteiger partial charge in [-0.1, -0.05) is 12.1 Å². The molecule has 0 saturated heterocycles. The van der Waals surface area contributed by atoms with E-state index < -0.39 is 0 Å². The Morgan fingerprint density at radius 2 is 1.76 bits per heavy atom. The molecule has 1 amide bonds. The summed E-state index contributed by atoms with van der Waals surface area (Å²) in [6, 6.07) is 17.7. The van der Waals surface area contributed by atoms with Crippen LogP contribution in [-0.2, 0) is 6.54 Å². The lowest BCUT2D eigenvalue weighted by atomic mass is 10.1. The maximum absolute atomic E-state index is 13.0. The van der Waals surface area contributed by atoms with Crippen LogP contribution in [0.5, 0.6) is 0 Å². The fourth-order valence-corrected chi connectivity index (χ4v) is 2.76. The van der Waals surface area contributed by atoms with E-state index in [0.29, 0.717) is 17.8 Å². The summed E-state index contributed by atoms with van der Waals surface area (Å²) >= 11 is 1.68. The van der Waals surface area contributed by atoms with E-state index in [2.05, 4.69) is 10.3 Å². The topological polar surface area (TPSA) is 42.0 Å². The van der Waals surface area contributed by atoms with Crippen LogP contribution in [0.3, 0.4) is 0 Å². The Bertz CT molecular complexity index is 846. The Hall–Kier alpha value is -2.66. The Morgan fingerprint density at radius 1 is 1.04 bits per heavy atom. The van der Waals surface area contributed by atoms with Crippen molar-refractivity contribution in [1.29, 1.82) is 0 Å². The second-order valence-corrected chi connectivity index (χ2v) is 6.35. The Labute approximate surface area is 150 Å². The van der Waals surface area contributed by atoms with E-state index in [9.17, 15) is 9.18 Å². The molecule has 1 N–H and O–H groups in total. The lowest BCUT2D eigenvalue weighted by molar-refractivity contribution is 0.0950. The van der Waals surface area contributed by atoms with Crippen molar-refractivity contribution in [2.45, 2.75) is 11.4 Å². The van der Waals surface area contributed by atoms with Gasteiger partial charge in [0.05, 0.1) is 11.3 Å². The summed E-state index contributed by atoms with van der Waals surface area (Å²) < 4.78 is 13.0. The van der Waals surface area contributed by atoms with Gasteiger partial charge < -0.3 is 5.32 Å². The van der Waals surface area contributed by atoms with E-state index >= 15 is 0 Å². The molecule has 25 heavy (non-hydrogen) atoms. The van der Waals surface area contributed by atoms with Gasteiger partial charge in [-0.05, 0) is 60.4 Å². The number of carbonyl (C=O) groups excluding carboxylic acids is 1. The highest BCUT2D eigenvalue weighted by Gasteiger charge is 2.07. The van der Waals surface area contributed by atoms with Crippen molar-refractivity contribution < 1.29 is 9.18 Å². The van der Waals surface area contributed by atoms with Gasteiger partial charge >= 0.3 is 0 Å². The molecule has 0 atom stereocenters. The lowest BCUT2D eigenvalue weighted by Gasteiger charge is -2.07. The minimum atomic E-state index is -0.287. The maximum Gasteiger partial charge on any atom is 0.253 e. The molecule has 0 radical (unpaired) electrons. The van der Waals surface area contributed by atoms with Gasteiger partial charge in [-0.2, -0.15) is 0 Å². The second kappa shape index (κ2) is 7.94. The van der Waals surface area contributed by atoms with E-state index in [1.807, 2.05) is 30.5 Å². The normalized spacial score (nSPS) is 10.5. The predicted molar refractivity (Wildman–Crippen MR) is 99.0 cm³/mol. The molecule has 0 aliphatic heterocycles. The van der Waals surface area contributed by atoms with Crippen molar-refractivity contribution in [3.8, 4) is 11.3 Å². The number of rotatable bonds is 5. The first-order chi connectivity index (χ1) is 12.2. The molecule has 0 fully saturated rings. The molecule has 3 aromatic rings. The summed E-state index contributed by atoms with van der Waals surface area (Å²) in [5, 5.41) is 2.88. The molecule has 0 aliphatic carbocycles. The van der Waals surface area contributed by atoms with Gasteiger partial charge in [-0.15, -0.1) is 11.8 Å². The van der Waals surface area contributed by atoms with E-state index in [4.69, 9.17) is 0 Å². The van der Waals surface area contributed by atoms with Crippen LogP contribution in [0, 0.1) is 5.82 Å². The zero-order valence-corrected chi connectivity index (χ0v) is 14.5. The van der Waals surface area contributed by atoms with Gasteiger partial charge in [0.25, 0.3) is 5.91 Å². The van der Waals surface area contributed by atoms with Crippen LogP contribution >= 0.6 is 11.8 Å². The fourth-order valence-electron chi connectivity index (χ4n) is 2.35. The number of hydrogen-bond donors (Lipinski definition) is 1. The number of thioether (sulfide) groups is 1. The van der Waals surface area contributed by atoms with Crippen molar-refractivity contribution in [3.63, 3.8) is 0 Å². The predicted octanol–water partition coefficient (Wildman–Crippen LogP) is 4.54. The van der Waals surface area contributed by atoms with E-state index in [-0.39, 0.29) is 11.7 Å². The Balaban J connectivity index is 1.63. The molecule has 0 bridgehead atoms. The smallest absolute Gasteiger partial charge is 0.253 e. The first-order valence-corrected chi connectivity index (χ1v) is 9.01. The number of hydrogen-bond acceptors (Lipinski definition) is 3. The highest BCUT2D eigenvalue weighted by molar-refractivity contribution is 7.98. The van der Waals surface area contributed by atoms with Crippen molar-refractivity contribution in [2.24, 2.45) is 0 Å². The zero-order chi connectivity index (χ0) is 17.6. The van der Waals surface area contributed by atoms with Crippen LogP contribution in [0.4, 0.5) is 4.39 Å². The van der Waals surface area contributed by atoms with Gasteiger partial charge in [0.15, 0.2) is 0 Å². The first kappa shape index (κ1) is 17.2. The summed E-state index contributed by atoms with van der Waals surface area (Å²) in [4.78, 5) is 17.7. The average Bonchev–Trinajstić information content (AvgIpc) is 2.67. The summed E-state index contributed by atoms with van der Waals surface area (Å²) in [6.45, 7) is 0.465. The summed E-state index contributed by atoms with van der Waals surface area (Å²) in [5.74, 6) is -0.461. The Kier molecular flexibility index (Phi) is 5.46. The summed E-state index contributed by atoms with van der Waals surface area (Å²) in [5.41, 5.74) is 3.04. The molecule has 3 nitrogen and oxygen atoms in total. The van der Waals surface area contributed by atoms with Gasteiger partial charge in [-0.25, -0.2) is 4.39 Å². The van der Waals surface area contributed by atoms with Crippen molar-refractivity contribution >= 4 is 17.7 Å². The largest absolute Gasteiger partial charge is 0.348 e. The van der Waals surface area contributed by atoms with Crippen LogP contribution in [0.25, 0.3) is 11.3 Å². The van der Waals surface area contributed by atoms with Crippen molar-refractivity contribution in [2.75, 3.05) is 6.26 Å². The molecule has 126 valence electrons. The van der Waals surface area contributed by atoms with E-state index in [1.165, 1.54) is 23.2 Å². The van der Waals surface area contributed by atoms with Crippen molar-refractivity contribution in [3.05, 3.63) is 83.8 Å². The van der Waals surface area contributed by atoms with Gasteiger partial charge in [0.2, 0.25) is 0 Å². The van der Waals surface area contributed by atoms with Crippen molar-refractivity contribution in [1.82, 2.24) is 10.3 Å². The highest BCUT2D eigenvalue weighted by atomic mass is 32.2. The van der Waals surface area contributed by atoms with Crippen LogP contribution in [0.1, 0.15) is 15.9 Å².